The van der Waals surface area contributed by atoms with Crippen LogP contribution in [-0.4, -0.2) is 5.78 Å². The van der Waals surface area contributed by atoms with Crippen molar-refractivity contribution in [3.05, 3.63) is 35.9 Å². The first kappa shape index (κ1) is 21.2. The molecule has 0 amide bonds. The second-order valence-corrected chi connectivity index (χ2v) is 3.47. The minimum Gasteiger partial charge on any atom is -0.300 e. The van der Waals surface area contributed by atoms with Crippen molar-refractivity contribution in [3.8, 4) is 0 Å². The molecular formula is C16H30O. The van der Waals surface area contributed by atoms with Crippen LogP contribution in [0.5, 0.6) is 0 Å². The minimum absolute atomic E-state index is 0.167. The Hall–Kier alpha value is -1.11. The predicted octanol–water partition coefficient (Wildman–Crippen LogP) is 5.46. The largest absolute Gasteiger partial charge is 0.300 e. The van der Waals surface area contributed by atoms with E-state index in [0.717, 1.165) is 0 Å². The van der Waals surface area contributed by atoms with E-state index in [9.17, 15) is 4.79 Å². The first-order valence-corrected chi connectivity index (χ1v) is 6.56. The lowest BCUT2D eigenvalue weighted by Crippen LogP contribution is -1.83. The molecule has 17 heavy (non-hydrogen) atoms. The molecule has 0 aromatic heterocycles. The molecule has 0 atom stereocenters. The highest BCUT2D eigenvalue weighted by molar-refractivity contribution is 5.72. The quantitative estimate of drug-likeness (QED) is 0.635. The van der Waals surface area contributed by atoms with Crippen LogP contribution in [0.1, 0.15) is 66.9 Å². The molecule has 0 saturated carbocycles. The minimum atomic E-state index is 0.167. The third-order valence-corrected chi connectivity index (χ3v) is 1.47. The zero-order valence-electron chi connectivity index (χ0n) is 12.9. The fourth-order valence-corrected chi connectivity index (χ4v) is 0.838. The number of ketones is 1. The van der Waals surface area contributed by atoms with Crippen LogP contribution in [0.4, 0.5) is 0 Å². The van der Waals surface area contributed by atoms with Crippen molar-refractivity contribution in [2.45, 2.75) is 61.3 Å². The van der Waals surface area contributed by atoms with E-state index in [0.29, 0.717) is 5.92 Å². The number of rotatable bonds is 1. The van der Waals surface area contributed by atoms with E-state index >= 15 is 0 Å². The summed E-state index contributed by atoms with van der Waals surface area (Å²) >= 11 is 0. The van der Waals surface area contributed by atoms with E-state index in [2.05, 4.69) is 38.1 Å². The summed E-state index contributed by atoms with van der Waals surface area (Å²) in [5, 5.41) is 0. The SMILES string of the molecule is CC.CC.CC(C)=O.CC(C)c1ccccc1. The van der Waals surface area contributed by atoms with Crippen LogP contribution in [0.25, 0.3) is 0 Å². The summed E-state index contributed by atoms with van der Waals surface area (Å²) in [4.78, 5) is 9.44. The molecule has 0 aliphatic heterocycles. The molecule has 0 aliphatic carbocycles. The fourth-order valence-electron chi connectivity index (χ4n) is 0.838. The van der Waals surface area contributed by atoms with Crippen LogP contribution in [0.3, 0.4) is 0 Å². The van der Waals surface area contributed by atoms with Gasteiger partial charge < -0.3 is 4.79 Å². The number of carbonyl (C=O) groups excluding carboxylic acids is 1. The number of benzene rings is 1. The summed E-state index contributed by atoms with van der Waals surface area (Å²) in [5.41, 5.74) is 1.41. The number of hydrogen-bond donors (Lipinski definition) is 0. The maximum Gasteiger partial charge on any atom is 0.126 e. The molecule has 0 N–H and O–H groups in total. The number of carbonyl (C=O) groups is 1. The van der Waals surface area contributed by atoms with E-state index in [1.54, 1.807) is 0 Å². The van der Waals surface area contributed by atoms with Gasteiger partial charge in [0.2, 0.25) is 0 Å². The molecule has 1 rings (SSSR count). The first-order valence-electron chi connectivity index (χ1n) is 6.56. The molecule has 0 bridgehead atoms. The normalized spacial score (nSPS) is 7.59. The average molecular weight is 238 g/mol. The highest BCUT2D eigenvalue weighted by Gasteiger charge is 1.93. The van der Waals surface area contributed by atoms with E-state index in [1.165, 1.54) is 19.4 Å². The van der Waals surface area contributed by atoms with E-state index in [-0.39, 0.29) is 5.78 Å². The van der Waals surface area contributed by atoms with E-state index in [1.807, 2.05) is 33.8 Å². The highest BCUT2D eigenvalue weighted by atomic mass is 16.1. The Labute approximate surface area is 108 Å². The van der Waals surface area contributed by atoms with Gasteiger partial charge in [0, 0.05) is 0 Å². The van der Waals surface area contributed by atoms with Crippen molar-refractivity contribution >= 4 is 5.78 Å². The molecule has 0 radical (unpaired) electrons. The van der Waals surface area contributed by atoms with Crippen molar-refractivity contribution in [1.29, 1.82) is 0 Å². The molecular weight excluding hydrogens is 208 g/mol. The third-order valence-electron chi connectivity index (χ3n) is 1.47. The van der Waals surface area contributed by atoms with Crippen molar-refractivity contribution in [2.24, 2.45) is 0 Å². The van der Waals surface area contributed by atoms with E-state index < -0.39 is 0 Å². The second kappa shape index (κ2) is 17.3. The predicted molar refractivity (Wildman–Crippen MR) is 79.6 cm³/mol. The third kappa shape index (κ3) is 20.9. The van der Waals surface area contributed by atoms with Crippen molar-refractivity contribution < 1.29 is 4.79 Å². The summed E-state index contributed by atoms with van der Waals surface area (Å²) in [7, 11) is 0. The van der Waals surface area contributed by atoms with Gasteiger partial charge >= 0.3 is 0 Å². The Morgan fingerprint density at radius 1 is 0.882 bits per heavy atom. The first-order chi connectivity index (χ1) is 8.04. The molecule has 1 nitrogen and oxygen atoms in total. The maximum atomic E-state index is 9.44. The van der Waals surface area contributed by atoms with Gasteiger partial charge in [-0.1, -0.05) is 71.9 Å². The second-order valence-electron chi connectivity index (χ2n) is 3.47. The lowest BCUT2D eigenvalue weighted by atomic mass is 10.0. The van der Waals surface area contributed by atoms with Gasteiger partial charge in [0.25, 0.3) is 0 Å². The van der Waals surface area contributed by atoms with Crippen molar-refractivity contribution in [1.82, 2.24) is 0 Å². The van der Waals surface area contributed by atoms with Crippen LogP contribution in [0.2, 0.25) is 0 Å². The van der Waals surface area contributed by atoms with Gasteiger partial charge in [-0.05, 0) is 25.3 Å². The Kier molecular flexibility index (Phi) is 21.6. The molecule has 0 saturated heterocycles. The lowest BCUT2D eigenvalue weighted by Gasteiger charge is -2.01. The van der Waals surface area contributed by atoms with Gasteiger partial charge in [0.15, 0.2) is 0 Å². The summed E-state index contributed by atoms with van der Waals surface area (Å²) in [6.07, 6.45) is 0. The van der Waals surface area contributed by atoms with Gasteiger partial charge in [0.1, 0.15) is 5.78 Å². The average Bonchev–Trinajstić information content (AvgIpc) is 2.34. The Balaban J connectivity index is -0.000000208. The summed E-state index contributed by atoms with van der Waals surface area (Å²) in [6, 6.07) is 10.5. The monoisotopic (exact) mass is 238 g/mol. The van der Waals surface area contributed by atoms with Gasteiger partial charge in [0.05, 0.1) is 0 Å². The number of Topliss-reactive ketones (excluding diaryl/α,β-unsaturated/α-hetero) is 1. The molecule has 0 heterocycles. The maximum absolute atomic E-state index is 9.44. The Morgan fingerprint density at radius 3 is 1.35 bits per heavy atom. The van der Waals surface area contributed by atoms with Crippen molar-refractivity contribution in [2.75, 3.05) is 0 Å². The smallest absolute Gasteiger partial charge is 0.126 e. The molecule has 0 aliphatic rings. The lowest BCUT2D eigenvalue weighted by molar-refractivity contribution is -0.114. The van der Waals surface area contributed by atoms with Crippen LogP contribution >= 0.6 is 0 Å². The van der Waals surface area contributed by atoms with Gasteiger partial charge in [-0.2, -0.15) is 0 Å². The molecule has 1 aromatic rings. The molecule has 1 heteroatoms. The van der Waals surface area contributed by atoms with Crippen LogP contribution in [0.15, 0.2) is 30.3 Å². The summed E-state index contributed by atoms with van der Waals surface area (Å²) in [5.74, 6) is 0.825. The number of hydrogen-bond acceptors (Lipinski definition) is 1. The topological polar surface area (TPSA) is 17.1 Å². The van der Waals surface area contributed by atoms with Gasteiger partial charge in [-0.15, -0.1) is 0 Å². The van der Waals surface area contributed by atoms with Gasteiger partial charge in [-0.25, -0.2) is 0 Å². The Morgan fingerprint density at radius 2 is 1.18 bits per heavy atom. The van der Waals surface area contributed by atoms with Crippen LogP contribution < -0.4 is 0 Å². The molecule has 0 spiro atoms. The zero-order valence-corrected chi connectivity index (χ0v) is 12.9. The molecule has 1 aromatic carbocycles. The molecule has 0 fully saturated rings. The van der Waals surface area contributed by atoms with E-state index in [4.69, 9.17) is 0 Å². The van der Waals surface area contributed by atoms with Crippen molar-refractivity contribution in [3.63, 3.8) is 0 Å². The Bertz CT molecular complexity index is 233. The van der Waals surface area contributed by atoms with Crippen LogP contribution in [-0.2, 0) is 4.79 Å². The summed E-state index contributed by atoms with van der Waals surface area (Å²) in [6.45, 7) is 15.5. The van der Waals surface area contributed by atoms with Gasteiger partial charge in [-0.3, -0.25) is 0 Å². The standard InChI is InChI=1S/C9H12.C3H6O.2C2H6/c1-8(2)9-6-4-3-5-7-9;1-3(2)4;2*1-2/h3-8H,1-2H3;1-2H3;2*1-2H3. The summed E-state index contributed by atoms with van der Waals surface area (Å²) < 4.78 is 0. The van der Waals surface area contributed by atoms with Crippen LogP contribution in [0, 0.1) is 0 Å². The zero-order chi connectivity index (χ0) is 14.3. The molecule has 100 valence electrons. The highest BCUT2D eigenvalue weighted by Crippen LogP contribution is 2.11. The molecule has 0 unspecified atom stereocenters. The fraction of sp³-hybridized carbons (Fsp3) is 0.562.